The minimum Gasteiger partial charge on any atom is -0.455 e. The van der Waals surface area contributed by atoms with E-state index in [-0.39, 0.29) is 17.1 Å². The molecule has 0 aliphatic carbocycles. The molecule has 0 radical (unpaired) electrons. The highest BCUT2D eigenvalue weighted by Crippen LogP contribution is 2.32. The van der Waals surface area contributed by atoms with Gasteiger partial charge in [0.25, 0.3) is 10.0 Å². The lowest BCUT2D eigenvalue weighted by Gasteiger charge is -2.19. The molecule has 1 aliphatic rings. The van der Waals surface area contributed by atoms with Crippen LogP contribution in [-0.4, -0.2) is 26.1 Å². The highest BCUT2D eigenvalue weighted by molar-refractivity contribution is 7.92. The van der Waals surface area contributed by atoms with Crippen molar-refractivity contribution < 1.29 is 22.5 Å². The predicted molar refractivity (Wildman–Crippen MR) is 101 cm³/mol. The molecule has 0 amide bonds. The number of carbonyl (C=O) groups is 1. The Morgan fingerprint density at radius 2 is 2.00 bits per heavy atom. The van der Waals surface area contributed by atoms with Gasteiger partial charge in [0.2, 0.25) is 0 Å². The summed E-state index contributed by atoms with van der Waals surface area (Å²) in [6, 6.07) is 15.0. The van der Waals surface area contributed by atoms with E-state index in [9.17, 15) is 13.2 Å². The van der Waals surface area contributed by atoms with Gasteiger partial charge in [0, 0.05) is 12.6 Å². The first kappa shape index (κ1) is 18.2. The molecule has 7 nitrogen and oxygen atoms in total. The third-order valence-corrected chi connectivity index (χ3v) is 6.34. The van der Waals surface area contributed by atoms with E-state index in [1.165, 1.54) is 28.6 Å². The van der Waals surface area contributed by atoms with E-state index < -0.39 is 16.0 Å². The number of rotatable bonds is 5. The van der Waals surface area contributed by atoms with Crippen molar-refractivity contribution in [2.24, 2.45) is 0 Å². The molecule has 0 N–H and O–H groups in total. The number of anilines is 1. The summed E-state index contributed by atoms with van der Waals surface area (Å²) in [6.07, 6.45) is 0.661. The zero-order chi connectivity index (χ0) is 19.7. The summed E-state index contributed by atoms with van der Waals surface area (Å²) < 4.78 is 37.7. The van der Waals surface area contributed by atoms with Crippen LogP contribution in [0.1, 0.15) is 27.4 Å². The maximum atomic E-state index is 13.1. The van der Waals surface area contributed by atoms with Crippen molar-refractivity contribution >= 4 is 21.7 Å². The van der Waals surface area contributed by atoms with Crippen LogP contribution in [0, 0.1) is 6.92 Å². The topological polar surface area (TPSA) is 89.7 Å². The van der Waals surface area contributed by atoms with Crippen molar-refractivity contribution in [1.82, 2.24) is 5.16 Å². The molecule has 0 bridgehead atoms. The van der Waals surface area contributed by atoms with Gasteiger partial charge in [-0.3, -0.25) is 4.31 Å². The summed E-state index contributed by atoms with van der Waals surface area (Å²) in [5, 5.41) is 3.76. The Morgan fingerprint density at radius 1 is 1.18 bits per heavy atom. The summed E-state index contributed by atoms with van der Waals surface area (Å²) in [7, 11) is -3.77. The van der Waals surface area contributed by atoms with Crippen molar-refractivity contribution in [2.75, 3.05) is 10.8 Å². The maximum absolute atomic E-state index is 13.1. The summed E-state index contributed by atoms with van der Waals surface area (Å²) >= 11 is 0. The normalized spacial score (nSPS) is 13.4. The van der Waals surface area contributed by atoms with Crippen LogP contribution in [0.4, 0.5) is 5.69 Å². The highest BCUT2D eigenvalue weighted by atomic mass is 32.2. The number of fused-ring (bicyclic) bond motifs is 1. The summed E-state index contributed by atoms with van der Waals surface area (Å²) in [4.78, 5) is 12.4. The number of hydrogen-bond acceptors (Lipinski definition) is 6. The Balaban J connectivity index is 1.55. The van der Waals surface area contributed by atoms with E-state index in [1.54, 1.807) is 19.1 Å². The maximum Gasteiger partial charge on any atom is 0.338 e. The molecule has 8 heteroatoms. The predicted octanol–water partition coefficient (Wildman–Crippen LogP) is 3.09. The number of aromatic nitrogens is 1. The van der Waals surface area contributed by atoms with Crippen molar-refractivity contribution in [3.8, 4) is 0 Å². The van der Waals surface area contributed by atoms with Gasteiger partial charge in [-0.2, -0.15) is 0 Å². The van der Waals surface area contributed by atoms with Crippen LogP contribution in [0.2, 0.25) is 0 Å². The number of sulfonamides is 1. The van der Waals surface area contributed by atoms with Gasteiger partial charge in [0.05, 0.1) is 16.1 Å². The van der Waals surface area contributed by atoms with Gasteiger partial charge in [-0.05, 0) is 43.2 Å². The van der Waals surface area contributed by atoms with Crippen LogP contribution in [-0.2, 0) is 27.8 Å². The summed E-state index contributed by atoms with van der Waals surface area (Å²) in [6.45, 7) is 2.07. The molecule has 144 valence electrons. The van der Waals surface area contributed by atoms with E-state index in [2.05, 4.69) is 5.16 Å². The van der Waals surface area contributed by atoms with Gasteiger partial charge >= 0.3 is 5.97 Å². The van der Waals surface area contributed by atoms with Gasteiger partial charge in [0.15, 0.2) is 0 Å². The van der Waals surface area contributed by atoms with Crippen LogP contribution < -0.4 is 4.31 Å². The number of aryl methyl sites for hydroxylation is 1. The molecule has 0 atom stereocenters. The number of para-hydroxylation sites is 1. The summed E-state index contributed by atoms with van der Waals surface area (Å²) in [5.74, 6) is -0.00967. The molecule has 3 aromatic rings. The Kier molecular flexibility index (Phi) is 4.64. The number of ether oxygens (including phenoxy) is 1. The van der Waals surface area contributed by atoms with E-state index in [4.69, 9.17) is 9.26 Å². The van der Waals surface area contributed by atoms with Crippen molar-refractivity contribution in [3.63, 3.8) is 0 Å². The molecule has 0 saturated carbocycles. The number of nitrogens with zero attached hydrogens (tertiary/aromatic N) is 2. The minimum absolute atomic E-state index is 0.0490. The Labute approximate surface area is 162 Å². The lowest BCUT2D eigenvalue weighted by Crippen LogP contribution is -2.29. The first-order valence-corrected chi connectivity index (χ1v) is 10.2. The van der Waals surface area contributed by atoms with E-state index in [0.717, 1.165) is 5.56 Å². The first-order chi connectivity index (χ1) is 13.4. The number of benzene rings is 2. The van der Waals surface area contributed by atoms with Crippen molar-refractivity contribution in [1.29, 1.82) is 0 Å². The number of esters is 1. The zero-order valence-corrected chi connectivity index (χ0v) is 16.0. The molecule has 1 aliphatic heterocycles. The second-order valence-electron chi connectivity index (χ2n) is 6.49. The molecule has 2 aromatic carbocycles. The van der Waals surface area contributed by atoms with Crippen molar-refractivity contribution in [2.45, 2.75) is 24.8 Å². The highest BCUT2D eigenvalue weighted by Gasteiger charge is 2.31. The quantitative estimate of drug-likeness (QED) is 0.614. The van der Waals surface area contributed by atoms with Crippen molar-refractivity contribution in [3.05, 3.63) is 77.2 Å². The number of hydrogen-bond donors (Lipinski definition) is 0. The van der Waals surface area contributed by atoms with E-state index >= 15 is 0 Å². The third kappa shape index (κ3) is 3.38. The zero-order valence-electron chi connectivity index (χ0n) is 15.2. The lowest BCUT2D eigenvalue weighted by molar-refractivity contribution is 0.0464. The average Bonchev–Trinajstić information content (AvgIpc) is 3.32. The van der Waals surface area contributed by atoms with Gasteiger partial charge in [0.1, 0.15) is 18.1 Å². The smallest absolute Gasteiger partial charge is 0.338 e. The van der Waals surface area contributed by atoms with E-state index in [0.29, 0.717) is 30.1 Å². The molecule has 0 unspecified atom stereocenters. The van der Waals surface area contributed by atoms with Crippen LogP contribution in [0.25, 0.3) is 0 Å². The van der Waals surface area contributed by atoms with Crippen LogP contribution in [0.5, 0.6) is 0 Å². The van der Waals surface area contributed by atoms with Gasteiger partial charge in [-0.1, -0.05) is 29.4 Å². The molecular formula is C20H18N2O5S. The van der Waals surface area contributed by atoms with Crippen LogP contribution in [0.3, 0.4) is 0 Å². The van der Waals surface area contributed by atoms with E-state index in [1.807, 2.05) is 18.2 Å². The van der Waals surface area contributed by atoms with Crippen LogP contribution >= 0.6 is 0 Å². The standard InChI is InChI=1S/C20H18N2O5S/c1-14-11-17(21-27-14)13-26-20(23)16-6-4-7-18(12-16)28(24,25)22-10-9-15-5-2-3-8-19(15)22/h2-8,11-12H,9-10,13H2,1H3. The fourth-order valence-electron chi connectivity index (χ4n) is 3.18. The fraction of sp³-hybridized carbons (Fsp3) is 0.200. The van der Waals surface area contributed by atoms with Gasteiger partial charge in [-0.25, -0.2) is 13.2 Å². The third-order valence-electron chi connectivity index (χ3n) is 4.53. The Morgan fingerprint density at radius 3 is 2.79 bits per heavy atom. The van der Waals surface area contributed by atoms with Gasteiger partial charge in [-0.15, -0.1) is 0 Å². The monoisotopic (exact) mass is 398 g/mol. The molecule has 1 aromatic heterocycles. The molecule has 28 heavy (non-hydrogen) atoms. The summed E-state index contributed by atoms with van der Waals surface area (Å²) in [5.41, 5.74) is 2.32. The lowest BCUT2D eigenvalue weighted by atomic mass is 10.2. The molecule has 0 saturated heterocycles. The molecule has 0 spiro atoms. The molecule has 0 fully saturated rings. The molecule has 2 heterocycles. The Bertz CT molecular complexity index is 1140. The SMILES string of the molecule is Cc1cc(COC(=O)c2cccc(S(=O)(=O)N3CCc4ccccc43)c2)no1. The average molecular weight is 398 g/mol. The second kappa shape index (κ2) is 7.12. The fourth-order valence-corrected chi connectivity index (χ4v) is 4.73. The molecular weight excluding hydrogens is 380 g/mol. The minimum atomic E-state index is -3.77. The van der Waals surface area contributed by atoms with Crippen LogP contribution in [0.15, 0.2) is 64.0 Å². The second-order valence-corrected chi connectivity index (χ2v) is 8.35. The van der Waals surface area contributed by atoms with Gasteiger partial charge < -0.3 is 9.26 Å². The molecule has 4 rings (SSSR count). The number of carbonyl (C=O) groups excluding carboxylic acids is 1. The largest absolute Gasteiger partial charge is 0.455 e. The Hall–Kier alpha value is -3.13. The first-order valence-electron chi connectivity index (χ1n) is 8.75.